The smallest absolute Gasteiger partial charge is 0.262 e. The van der Waals surface area contributed by atoms with Crippen LogP contribution in [-0.2, 0) is 0 Å². The fourth-order valence-electron chi connectivity index (χ4n) is 2.93. The van der Waals surface area contributed by atoms with E-state index in [1.165, 1.54) is 16.2 Å². The van der Waals surface area contributed by atoms with Gasteiger partial charge in [0.15, 0.2) is 0 Å². The summed E-state index contributed by atoms with van der Waals surface area (Å²) in [6.07, 6.45) is 0. The molecule has 3 heterocycles. The zero-order valence-electron chi connectivity index (χ0n) is 12.4. The first kappa shape index (κ1) is 15.7. The lowest BCUT2D eigenvalue weighted by atomic mass is 10.1. The third kappa shape index (κ3) is 2.29. The maximum absolute atomic E-state index is 12.6. The summed E-state index contributed by atoms with van der Waals surface area (Å²) in [6, 6.07) is 10.2. The number of amides is 2. The van der Waals surface area contributed by atoms with Crippen molar-refractivity contribution in [1.29, 1.82) is 0 Å². The van der Waals surface area contributed by atoms with Crippen LogP contribution in [0.25, 0.3) is 10.2 Å². The van der Waals surface area contributed by atoms with Crippen molar-refractivity contribution in [3.63, 3.8) is 0 Å². The van der Waals surface area contributed by atoms with E-state index >= 15 is 0 Å². The molecule has 4 nitrogen and oxygen atoms in total. The molecule has 4 rings (SSSR count). The van der Waals surface area contributed by atoms with Crippen molar-refractivity contribution >= 4 is 60.9 Å². The van der Waals surface area contributed by atoms with Gasteiger partial charge in [0.2, 0.25) is 0 Å². The van der Waals surface area contributed by atoms with Gasteiger partial charge in [-0.3, -0.25) is 14.5 Å². The minimum absolute atomic E-state index is 0.300. The van der Waals surface area contributed by atoms with E-state index in [2.05, 4.69) is 20.9 Å². The van der Waals surface area contributed by atoms with E-state index in [1.807, 2.05) is 12.1 Å². The van der Waals surface area contributed by atoms with Gasteiger partial charge in [0.25, 0.3) is 11.8 Å². The van der Waals surface area contributed by atoms with Crippen molar-refractivity contribution in [3.05, 3.63) is 62.0 Å². The summed E-state index contributed by atoms with van der Waals surface area (Å²) in [4.78, 5) is 31.7. The second kappa shape index (κ2) is 5.65. The number of aromatic nitrogens is 1. The first-order chi connectivity index (χ1) is 11.5. The lowest BCUT2D eigenvalue weighted by Crippen LogP contribution is -2.32. The van der Waals surface area contributed by atoms with Gasteiger partial charge in [0.1, 0.15) is 9.98 Å². The zero-order valence-corrected chi connectivity index (χ0v) is 15.6. The second-order valence-electron chi connectivity index (χ2n) is 5.52. The molecule has 0 aliphatic carbocycles. The molecular formula is C17H10BrClN2O2S. The van der Waals surface area contributed by atoms with Crippen LogP contribution in [0.5, 0.6) is 0 Å². The van der Waals surface area contributed by atoms with Crippen molar-refractivity contribution in [3.8, 4) is 0 Å². The Morgan fingerprint density at radius 3 is 2.42 bits per heavy atom. The molecule has 2 aromatic heterocycles. The van der Waals surface area contributed by atoms with Gasteiger partial charge in [-0.15, -0.1) is 11.3 Å². The molecule has 0 radical (unpaired) electrons. The molecular weight excluding hydrogens is 412 g/mol. The Morgan fingerprint density at radius 1 is 1.17 bits per heavy atom. The Kier molecular flexibility index (Phi) is 3.71. The van der Waals surface area contributed by atoms with E-state index in [9.17, 15) is 9.59 Å². The van der Waals surface area contributed by atoms with Crippen LogP contribution >= 0.6 is 38.9 Å². The van der Waals surface area contributed by atoms with E-state index in [4.69, 9.17) is 11.6 Å². The quantitative estimate of drug-likeness (QED) is 0.429. The lowest BCUT2D eigenvalue weighted by Gasteiger charge is -2.23. The summed E-state index contributed by atoms with van der Waals surface area (Å²) in [7, 11) is 0. The molecule has 120 valence electrons. The number of carbonyl (C=O) groups excluding carboxylic acids is 2. The Bertz CT molecular complexity index is 982. The second-order valence-corrected chi connectivity index (χ2v) is 8.28. The third-order valence-corrected chi connectivity index (χ3v) is 5.97. The summed E-state index contributed by atoms with van der Waals surface area (Å²) in [5.74, 6) is -0.600. The van der Waals surface area contributed by atoms with Gasteiger partial charge in [-0.1, -0.05) is 23.7 Å². The molecule has 0 spiro atoms. The van der Waals surface area contributed by atoms with E-state index in [1.54, 1.807) is 31.2 Å². The number of thiophene rings is 1. The topological polar surface area (TPSA) is 50.3 Å². The number of carbonyl (C=O) groups is 2. The normalized spacial score (nSPS) is 15.2. The molecule has 0 saturated carbocycles. The highest BCUT2D eigenvalue weighted by atomic mass is 79.9. The molecule has 0 bridgehead atoms. The van der Waals surface area contributed by atoms with E-state index < -0.39 is 6.04 Å². The van der Waals surface area contributed by atoms with Crippen LogP contribution in [0, 0.1) is 0 Å². The number of rotatable bonds is 2. The van der Waals surface area contributed by atoms with Crippen molar-refractivity contribution in [1.82, 2.24) is 9.88 Å². The number of benzene rings is 1. The monoisotopic (exact) mass is 420 g/mol. The molecule has 1 aliphatic heterocycles. The predicted molar refractivity (Wildman–Crippen MR) is 97.7 cm³/mol. The van der Waals surface area contributed by atoms with Crippen LogP contribution in [-0.4, -0.2) is 21.7 Å². The number of imide groups is 1. The molecule has 3 aromatic rings. The predicted octanol–water partition coefficient (Wildman–Crippen LogP) is 5.07. The van der Waals surface area contributed by atoms with Gasteiger partial charge < -0.3 is 0 Å². The third-order valence-electron chi connectivity index (χ3n) is 4.12. The van der Waals surface area contributed by atoms with Gasteiger partial charge in [-0.25, -0.2) is 4.98 Å². The molecule has 1 aromatic carbocycles. The van der Waals surface area contributed by atoms with Crippen LogP contribution in [0.2, 0.25) is 5.15 Å². The molecule has 1 aliphatic rings. The lowest BCUT2D eigenvalue weighted by molar-refractivity contribution is 0.0595. The van der Waals surface area contributed by atoms with Crippen LogP contribution < -0.4 is 0 Å². The van der Waals surface area contributed by atoms with E-state index in [0.29, 0.717) is 21.8 Å². The van der Waals surface area contributed by atoms with Gasteiger partial charge in [-0.05, 0) is 47.1 Å². The van der Waals surface area contributed by atoms with Crippen LogP contribution in [0.1, 0.15) is 39.2 Å². The largest absolute Gasteiger partial charge is 0.269 e. The Morgan fingerprint density at radius 2 is 1.79 bits per heavy atom. The fourth-order valence-corrected chi connectivity index (χ4v) is 4.72. The first-order valence-corrected chi connectivity index (χ1v) is 9.18. The highest BCUT2D eigenvalue weighted by molar-refractivity contribution is 9.11. The van der Waals surface area contributed by atoms with E-state index in [0.717, 1.165) is 14.0 Å². The summed E-state index contributed by atoms with van der Waals surface area (Å²) in [5.41, 5.74) is 1.51. The Labute approximate surface area is 155 Å². The van der Waals surface area contributed by atoms with Crippen LogP contribution in [0.4, 0.5) is 0 Å². The van der Waals surface area contributed by atoms with Crippen molar-refractivity contribution in [2.75, 3.05) is 0 Å². The summed E-state index contributed by atoms with van der Waals surface area (Å²) in [6.45, 7) is 1.79. The maximum atomic E-state index is 12.6. The molecule has 0 saturated heterocycles. The van der Waals surface area contributed by atoms with Gasteiger partial charge in [0.05, 0.1) is 21.0 Å². The van der Waals surface area contributed by atoms with E-state index in [-0.39, 0.29) is 11.8 Å². The number of hydrogen-bond donors (Lipinski definition) is 0. The molecule has 0 fully saturated rings. The average molecular weight is 422 g/mol. The number of hydrogen-bond acceptors (Lipinski definition) is 4. The number of nitrogens with zero attached hydrogens (tertiary/aromatic N) is 2. The SMILES string of the molecule is CC(c1cc2cc(Br)sc2nc1Cl)N1C(=O)c2ccccc2C1=O. The highest BCUT2D eigenvalue weighted by Gasteiger charge is 2.39. The molecule has 2 amide bonds. The van der Waals surface area contributed by atoms with Gasteiger partial charge in [0, 0.05) is 10.9 Å². The van der Waals surface area contributed by atoms with Crippen LogP contribution in [0.3, 0.4) is 0 Å². The van der Waals surface area contributed by atoms with Crippen molar-refractivity contribution in [2.24, 2.45) is 0 Å². The van der Waals surface area contributed by atoms with Gasteiger partial charge in [-0.2, -0.15) is 0 Å². The Balaban J connectivity index is 1.80. The average Bonchev–Trinajstić information content (AvgIpc) is 3.03. The maximum Gasteiger partial charge on any atom is 0.262 e. The minimum Gasteiger partial charge on any atom is -0.269 e. The fraction of sp³-hybridized carbons (Fsp3) is 0.118. The van der Waals surface area contributed by atoms with Gasteiger partial charge >= 0.3 is 0 Å². The zero-order chi connectivity index (χ0) is 17.0. The Hall–Kier alpha value is -1.76. The first-order valence-electron chi connectivity index (χ1n) is 7.20. The summed E-state index contributed by atoms with van der Waals surface area (Å²) < 4.78 is 0.951. The minimum atomic E-state index is -0.500. The molecule has 24 heavy (non-hydrogen) atoms. The molecule has 1 unspecified atom stereocenters. The molecule has 0 N–H and O–H groups in total. The summed E-state index contributed by atoms with van der Waals surface area (Å²) in [5, 5.41) is 1.23. The van der Waals surface area contributed by atoms with Crippen LogP contribution in [0.15, 0.2) is 40.2 Å². The highest BCUT2D eigenvalue weighted by Crippen LogP contribution is 2.37. The molecule has 7 heteroatoms. The number of pyridine rings is 1. The number of halogens is 2. The van der Waals surface area contributed by atoms with Crippen molar-refractivity contribution in [2.45, 2.75) is 13.0 Å². The van der Waals surface area contributed by atoms with Crippen molar-refractivity contribution < 1.29 is 9.59 Å². The summed E-state index contributed by atoms with van der Waals surface area (Å²) >= 11 is 11.2. The molecule has 1 atom stereocenters. The standard InChI is InChI=1S/C17H10BrClN2O2S/c1-8(12-6-9-7-13(18)24-15(9)20-14(12)19)21-16(22)10-4-2-3-5-11(10)17(21)23/h2-8H,1H3. The number of fused-ring (bicyclic) bond motifs is 2.